The van der Waals surface area contributed by atoms with E-state index in [1.807, 2.05) is 19.1 Å². The van der Waals surface area contributed by atoms with Crippen molar-refractivity contribution >= 4 is 11.2 Å². The first-order valence-corrected chi connectivity index (χ1v) is 5.34. The lowest BCUT2D eigenvalue weighted by Gasteiger charge is -1.96. The molecule has 3 aromatic rings. The molecule has 0 amide bonds. The van der Waals surface area contributed by atoms with E-state index in [1.54, 1.807) is 24.4 Å². The minimum absolute atomic E-state index is 0.229. The summed E-state index contributed by atoms with van der Waals surface area (Å²) in [6.07, 6.45) is 1.79. The number of rotatable bonds is 1. The third kappa shape index (κ3) is 1.73. The molecule has 17 heavy (non-hydrogen) atoms. The van der Waals surface area contributed by atoms with Gasteiger partial charge in [-0.1, -0.05) is 12.1 Å². The Bertz CT molecular complexity index is 688. The first-order valence-electron chi connectivity index (χ1n) is 5.34. The van der Waals surface area contributed by atoms with Crippen LogP contribution in [0.5, 0.6) is 5.75 Å². The van der Waals surface area contributed by atoms with Crippen molar-refractivity contribution < 1.29 is 5.11 Å². The molecule has 0 aliphatic rings. The minimum Gasteiger partial charge on any atom is -0.508 e. The van der Waals surface area contributed by atoms with Crippen molar-refractivity contribution in [1.29, 1.82) is 0 Å². The van der Waals surface area contributed by atoms with Crippen molar-refractivity contribution in [2.24, 2.45) is 0 Å². The summed E-state index contributed by atoms with van der Waals surface area (Å²) in [6, 6.07) is 8.99. The molecule has 0 fully saturated rings. The van der Waals surface area contributed by atoms with Gasteiger partial charge in [0.25, 0.3) is 0 Å². The summed E-state index contributed by atoms with van der Waals surface area (Å²) in [7, 11) is 0. The van der Waals surface area contributed by atoms with Crippen LogP contribution in [-0.4, -0.2) is 20.1 Å². The molecule has 0 saturated heterocycles. The molecule has 0 bridgehead atoms. The van der Waals surface area contributed by atoms with Gasteiger partial charge in [-0.3, -0.25) is 0 Å². The Hall–Kier alpha value is -2.36. The smallest absolute Gasteiger partial charge is 0.178 e. The van der Waals surface area contributed by atoms with E-state index in [0.29, 0.717) is 11.5 Å². The number of benzene rings is 1. The Labute approximate surface area is 98.0 Å². The molecule has 0 aliphatic heterocycles. The van der Waals surface area contributed by atoms with Crippen LogP contribution in [-0.2, 0) is 0 Å². The summed E-state index contributed by atoms with van der Waals surface area (Å²) in [5, 5.41) is 9.44. The largest absolute Gasteiger partial charge is 0.508 e. The third-order valence-corrected chi connectivity index (χ3v) is 2.59. The van der Waals surface area contributed by atoms with E-state index in [1.165, 1.54) is 0 Å². The fraction of sp³-hybridized carbons (Fsp3) is 0.0769. The van der Waals surface area contributed by atoms with Gasteiger partial charge in [-0.2, -0.15) is 0 Å². The number of H-pyrrole nitrogens is 1. The summed E-state index contributed by atoms with van der Waals surface area (Å²) < 4.78 is 0. The van der Waals surface area contributed by atoms with Crippen LogP contribution in [0.4, 0.5) is 0 Å². The minimum atomic E-state index is 0.229. The molecule has 4 nitrogen and oxygen atoms in total. The molecule has 0 spiro atoms. The number of phenolic OH excluding ortho intramolecular Hbond substituents is 1. The molecule has 2 aromatic heterocycles. The summed E-state index contributed by atoms with van der Waals surface area (Å²) in [4.78, 5) is 11.8. The van der Waals surface area contributed by atoms with Crippen LogP contribution in [0.3, 0.4) is 0 Å². The number of phenols is 1. The molecule has 0 aliphatic carbocycles. The number of hydrogen-bond acceptors (Lipinski definition) is 3. The number of aromatic hydroxyl groups is 1. The lowest BCUT2D eigenvalue weighted by molar-refractivity contribution is 0.475. The van der Waals surface area contributed by atoms with Crippen LogP contribution in [0.1, 0.15) is 5.56 Å². The maximum Gasteiger partial charge on any atom is 0.178 e. The van der Waals surface area contributed by atoms with Crippen LogP contribution in [0.2, 0.25) is 0 Å². The molecule has 0 unspecified atom stereocenters. The van der Waals surface area contributed by atoms with E-state index in [9.17, 15) is 5.11 Å². The van der Waals surface area contributed by atoms with Crippen LogP contribution in [0.25, 0.3) is 22.6 Å². The molecule has 0 saturated carbocycles. The normalized spacial score (nSPS) is 10.9. The second kappa shape index (κ2) is 3.59. The average Bonchev–Trinajstić information content (AvgIpc) is 2.72. The zero-order chi connectivity index (χ0) is 11.8. The van der Waals surface area contributed by atoms with Gasteiger partial charge in [0.2, 0.25) is 0 Å². The van der Waals surface area contributed by atoms with Crippen molar-refractivity contribution in [1.82, 2.24) is 15.0 Å². The van der Waals surface area contributed by atoms with Gasteiger partial charge in [0.1, 0.15) is 11.6 Å². The lowest BCUT2D eigenvalue weighted by Crippen LogP contribution is -1.79. The van der Waals surface area contributed by atoms with Crippen molar-refractivity contribution in [3.05, 3.63) is 42.1 Å². The summed E-state index contributed by atoms with van der Waals surface area (Å²) in [6.45, 7) is 1.99. The number of aromatic amines is 1. The van der Waals surface area contributed by atoms with Crippen molar-refractivity contribution in [3.63, 3.8) is 0 Å². The Morgan fingerprint density at radius 2 is 2.12 bits per heavy atom. The van der Waals surface area contributed by atoms with E-state index >= 15 is 0 Å². The SMILES string of the molecule is Cc1cnc2nc(-c3cccc(O)c3)[nH]c2c1. The Balaban J connectivity index is 2.18. The first kappa shape index (κ1) is 9.84. The molecule has 0 atom stereocenters. The third-order valence-electron chi connectivity index (χ3n) is 2.59. The predicted octanol–water partition coefficient (Wildman–Crippen LogP) is 2.64. The number of aromatic nitrogens is 3. The van der Waals surface area contributed by atoms with Crippen LogP contribution >= 0.6 is 0 Å². The molecule has 2 N–H and O–H groups in total. The molecule has 84 valence electrons. The standard InChI is InChI=1S/C13H11N3O/c1-8-5-11-13(14-7-8)16-12(15-11)9-3-2-4-10(17)6-9/h2-7,17H,1H3,(H,14,15,16). The number of imidazole rings is 1. The summed E-state index contributed by atoms with van der Waals surface area (Å²) in [5.41, 5.74) is 3.53. The number of fused-ring (bicyclic) bond motifs is 1. The molecule has 2 heterocycles. The average molecular weight is 225 g/mol. The number of aryl methyl sites for hydroxylation is 1. The van der Waals surface area contributed by atoms with Crippen molar-refractivity contribution in [2.75, 3.05) is 0 Å². The van der Waals surface area contributed by atoms with Gasteiger partial charge in [-0.25, -0.2) is 9.97 Å². The van der Waals surface area contributed by atoms with E-state index in [-0.39, 0.29) is 5.75 Å². The predicted molar refractivity (Wildman–Crippen MR) is 65.7 cm³/mol. The molecular weight excluding hydrogens is 214 g/mol. The number of nitrogens with zero attached hydrogens (tertiary/aromatic N) is 2. The first-order chi connectivity index (χ1) is 8.22. The van der Waals surface area contributed by atoms with E-state index < -0.39 is 0 Å². The number of nitrogens with one attached hydrogen (secondary N) is 1. The van der Waals surface area contributed by atoms with Gasteiger partial charge in [-0.15, -0.1) is 0 Å². The van der Waals surface area contributed by atoms with Crippen molar-refractivity contribution in [2.45, 2.75) is 6.92 Å². The highest BCUT2D eigenvalue weighted by Gasteiger charge is 2.06. The zero-order valence-electron chi connectivity index (χ0n) is 9.31. The van der Waals surface area contributed by atoms with Crippen LogP contribution in [0.15, 0.2) is 36.5 Å². The molecule has 4 heteroatoms. The zero-order valence-corrected chi connectivity index (χ0v) is 9.31. The van der Waals surface area contributed by atoms with Gasteiger partial charge in [-0.05, 0) is 30.7 Å². The van der Waals surface area contributed by atoms with Crippen LogP contribution in [0, 0.1) is 6.92 Å². The molecule has 0 radical (unpaired) electrons. The van der Waals surface area contributed by atoms with Gasteiger partial charge in [0, 0.05) is 11.8 Å². The maximum absolute atomic E-state index is 9.44. The second-order valence-electron chi connectivity index (χ2n) is 4.02. The summed E-state index contributed by atoms with van der Waals surface area (Å²) in [5.74, 6) is 0.945. The topological polar surface area (TPSA) is 61.8 Å². The Morgan fingerprint density at radius 3 is 2.94 bits per heavy atom. The van der Waals surface area contributed by atoms with E-state index in [2.05, 4.69) is 15.0 Å². The molecular formula is C13H11N3O. The highest BCUT2D eigenvalue weighted by atomic mass is 16.3. The summed E-state index contributed by atoms with van der Waals surface area (Å²) >= 11 is 0. The highest BCUT2D eigenvalue weighted by Crippen LogP contribution is 2.22. The fourth-order valence-electron chi connectivity index (χ4n) is 1.79. The molecule has 1 aromatic carbocycles. The highest BCUT2D eigenvalue weighted by molar-refractivity contribution is 5.76. The van der Waals surface area contributed by atoms with Crippen LogP contribution < -0.4 is 0 Å². The monoisotopic (exact) mass is 225 g/mol. The fourth-order valence-corrected chi connectivity index (χ4v) is 1.79. The maximum atomic E-state index is 9.44. The number of pyridine rings is 1. The second-order valence-corrected chi connectivity index (χ2v) is 4.02. The quantitative estimate of drug-likeness (QED) is 0.669. The molecule has 3 rings (SSSR count). The Morgan fingerprint density at radius 1 is 1.24 bits per heavy atom. The van der Waals surface area contributed by atoms with E-state index in [0.717, 1.165) is 16.6 Å². The van der Waals surface area contributed by atoms with Gasteiger partial charge in [0.05, 0.1) is 5.52 Å². The van der Waals surface area contributed by atoms with Gasteiger partial charge in [0.15, 0.2) is 5.65 Å². The van der Waals surface area contributed by atoms with Crippen molar-refractivity contribution in [3.8, 4) is 17.1 Å². The van der Waals surface area contributed by atoms with E-state index in [4.69, 9.17) is 0 Å². The van der Waals surface area contributed by atoms with Gasteiger partial charge >= 0.3 is 0 Å². The lowest BCUT2D eigenvalue weighted by atomic mass is 10.2. The number of hydrogen-bond donors (Lipinski definition) is 2. The van der Waals surface area contributed by atoms with Gasteiger partial charge < -0.3 is 10.1 Å². The Kier molecular flexibility index (Phi) is 2.08.